The summed E-state index contributed by atoms with van der Waals surface area (Å²) in [5.41, 5.74) is 0.280. The quantitative estimate of drug-likeness (QED) is 0.531. The summed E-state index contributed by atoms with van der Waals surface area (Å²) < 4.78 is 27.9. The summed E-state index contributed by atoms with van der Waals surface area (Å²) >= 11 is 1.36. The minimum absolute atomic E-state index is 0.0107. The zero-order valence-corrected chi connectivity index (χ0v) is 16.5. The molecule has 1 aromatic carbocycles. The number of anilines is 1. The van der Waals surface area contributed by atoms with Crippen LogP contribution in [0.15, 0.2) is 41.3 Å². The van der Waals surface area contributed by atoms with Gasteiger partial charge in [-0.05, 0) is 37.3 Å². The second-order valence-corrected chi connectivity index (χ2v) is 9.15. The zero-order valence-electron chi connectivity index (χ0n) is 14.9. The Hall–Kier alpha value is -2.52. The van der Waals surface area contributed by atoms with Crippen LogP contribution < -0.4 is 5.32 Å². The fourth-order valence-corrected chi connectivity index (χ4v) is 3.64. The van der Waals surface area contributed by atoms with E-state index in [9.17, 15) is 22.8 Å². The Kier molecular flexibility index (Phi) is 6.86. The van der Waals surface area contributed by atoms with Crippen LogP contribution in [0.1, 0.15) is 27.4 Å². The molecule has 0 unspecified atom stereocenters. The molecule has 144 valence electrons. The van der Waals surface area contributed by atoms with Crippen LogP contribution in [-0.2, 0) is 24.2 Å². The molecule has 0 atom stereocenters. The van der Waals surface area contributed by atoms with Gasteiger partial charge in [0.05, 0.1) is 16.2 Å². The van der Waals surface area contributed by atoms with Crippen LogP contribution in [0.2, 0.25) is 0 Å². The minimum atomic E-state index is -3.39. The number of carbonyl (C=O) groups is 3. The second kappa shape index (κ2) is 8.92. The maximum Gasteiger partial charge on any atom is 0.306 e. The van der Waals surface area contributed by atoms with Gasteiger partial charge in [-0.2, -0.15) is 0 Å². The van der Waals surface area contributed by atoms with E-state index in [1.807, 2.05) is 13.0 Å². The molecule has 0 spiro atoms. The van der Waals surface area contributed by atoms with Gasteiger partial charge >= 0.3 is 5.97 Å². The van der Waals surface area contributed by atoms with Crippen LogP contribution in [0.4, 0.5) is 5.69 Å². The summed E-state index contributed by atoms with van der Waals surface area (Å²) in [6.07, 6.45) is 0.956. The molecule has 0 saturated heterocycles. The van der Waals surface area contributed by atoms with E-state index in [1.54, 1.807) is 6.07 Å². The highest BCUT2D eigenvalue weighted by Gasteiger charge is 2.14. The maximum absolute atomic E-state index is 11.9. The Balaban J connectivity index is 1.78. The van der Waals surface area contributed by atoms with Crippen LogP contribution in [0, 0.1) is 6.92 Å². The number of hydrogen-bond acceptors (Lipinski definition) is 7. The molecule has 0 aliphatic rings. The number of rotatable bonds is 8. The summed E-state index contributed by atoms with van der Waals surface area (Å²) in [6, 6.07) is 9.30. The van der Waals surface area contributed by atoms with Crippen molar-refractivity contribution in [2.45, 2.75) is 24.7 Å². The third-order valence-corrected chi connectivity index (χ3v) is 5.63. The molecule has 2 rings (SSSR count). The average Bonchev–Trinajstić information content (AvgIpc) is 3.04. The molecule has 1 heterocycles. The van der Waals surface area contributed by atoms with E-state index < -0.39 is 28.3 Å². The number of ketones is 1. The largest absolute Gasteiger partial charge is 0.456 e. The molecule has 0 saturated carbocycles. The predicted molar refractivity (Wildman–Crippen MR) is 102 cm³/mol. The van der Waals surface area contributed by atoms with Gasteiger partial charge in [0.15, 0.2) is 22.2 Å². The van der Waals surface area contributed by atoms with Crippen molar-refractivity contribution in [3.8, 4) is 0 Å². The molecular formula is C18H19NO6S2. The Morgan fingerprint density at radius 3 is 2.48 bits per heavy atom. The van der Waals surface area contributed by atoms with Crippen molar-refractivity contribution < 1.29 is 27.5 Å². The number of esters is 1. The molecule has 1 aromatic heterocycles. The lowest BCUT2D eigenvalue weighted by Gasteiger charge is -2.07. The standard InChI is InChI=1S/C18H19NO6S2/c1-12-6-8-16(26-12)15(20)7-9-18(22)25-11-17(21)19-13-4-3-5-14(10-13)27(2,23)24/h3-6,8,10H,7,9,11H2,1-2H3,(H,19,21). The third-order valence-electron chi connectivity index (χ3n) is 3.48. The lowest BCUT2D eigenvalue weighted by atomic mass is 10.2. The highest BCUT2D eigenvalue weighted by molar-refractivity contribution is 7.90. The number of thiophene rings is 1. The first-order valence-electron chi connectivity index (χ1n) is 8.00. The summed E-state index contributed by atoms with van der Waals surface area (Å²) in [5.74, 6) is -1.40. The van der Waals surface area contributed by atoms with E-state index in [2.05, 4.69) is 5.32 Å². The van der Waals surface area contributed by atoms with Gasteiger partial charge < -0.3 is 10.1 Å². The van der Waals surface area contributed by atoms with Crippen molar-refractivity contribution in [1.29, 1.82) is 0 Å². The first kappa shape index (κ1) is 20.8. The summed E-state index contributed by atoms with van der Waals surface area (Å²) in [6.45, 7) is 1.37. The van der Waals surface area contributed by atoms with Gasteiger partial charge in [-0.1, -0.05) is 6.07 Å². The maximum atomic E-state index is 11.9. The Bertz CT molecular complexity index is 962. The molecule has 0 aliphatic carbocycles. The number of sulfone groups is 1. The molecular weight excluding hydrogens is 390 g/mol. The number of aryl methyl sites for hydroxylation is 1. The summed E-state index contributed by atoms with van der Waals surface area (Å²) in [7, 11) is -3.39. The zero-order chi connectivity index (χ0) is 20.0. The molecule has 1 N–H and O–H groups in total. The number of amides is 1. The van der Waals surface area contributed by atoms with Crippen molar-refractivity contribution in [2.75, 3.05) is 18.2 Å². The second-order valence-electron chi connectivity index (χ2n) is 5.84. The van der Waals surface area contributed by atoms with Crippen molar-refractivity contribution in [3.63, 3.8) is 0 Å². The van der Waals surface area contributed by atoms with Crippen molar-refractivity contribution in [3.05, 3.63) is 46.2 Å². The number of ether oxygens (including phenoxy) is 1. The van der Waals surface area contributed by atoms with Crippen molar-refractivity contribution >= 4 is 44.5 Å². The van der Waals surface area contributed by atoms with E-state index in [0.717, 1.165) is 11.1 Å². The van der Waals surface area contributed by atoms with E-state index in [-0.39, 0.29) is 29.2 Å². The van der Waals surface area contributed by atoms with Crippen molar-refractivity contribution in [2.24, 2.45) is 0 Å². The van der Waals surface area contributed by atoms with E-state index in [1.165, 1.54) is 35.6 Å². The molecule has 0 bridgehead atoms. The number of Topliss-reactive ketones (excluding diaryl/α,β-unsaturated/α-hetero) is 1. The van der Waals surface area contributed by atoms with Gasteiger partial charge in [0.2, 0.25) is 0 Å². The molecule has 27 heavy (non-hydrogen) atoms. The van der Waals surface area contributed by atoms with Crippen LogP contribution in [0.3, 0.4) is 0 Å². The van der Waals surface area contributed by atoms with Crippen LogP contribution in [0.5, 0.6) is 0 Å². The first-order chi connectivity index (χ1) is 12.6. The Morgan fingerprint density at radius 1 is 1.11 bits per heavy atom. The SMILES string of the molecule is Cc1ccc(C(=O)CCC(=O)OCC(=O)Nc2cccc(S(C)(=O)=O)c2)s1. The molecule has 7 nitrogen and oxygen atoms in total. The predicted octanol–water partition coefficient (Wildman–Crippen LogP) is 2.60. The topological polar surface area (TPSA) is 107 Å². The number of carbonyl (C=O) groups excluding carboxylic acids is 3. The lowest BCUT2D eigenvalue weighted by Crippen LogP contribution is -2.21. The lowest BCUT2D eigenvalue weighted by molar-refractivity contribution is -0.147. The number of nitrogens with one attached hydrogen (secondary N) is 1. The van der Waals surface area contributed by atoms with E-state index >= 15 is 0 Å². The average molecular weight is 409 g/mol. The molecule has 9 heteroatoms. The summed E-state index contributed by atoms with van der Waals surface area (Å²) in [5, 5.41) is 2.46. The van der Waals surface area contributed by atoms with Gasteiger partial charge in [0, 0.05) is 23.2 Å². The third kappa shape index (κ3) is 6.61. The van der Waals surface area contributed by atoms with Gasteiger partial charge in [-0.15, -0.1) is 11.3 Å². The molecule has 0 aliphatic heterocycles. The smallest absolute Gasteiger partial charge is 0.306 e. The fourth-order valence-electron chi connectivity index (χ4n) is 2.14. The van der Waals surface area contributed by atoms with E-state index in [4.69, 9.17) is 4.74 Å². The van der Waals surface area contributed by atoms with Gasteiger partial charge in [-0.3, -0.25) is 14.4 Å². The van der Waals surface area contributed by atoms with Crippen molar-refractivity contribution in [1.82, 2.24) is 0 Å². The van der Waals surface area contributed by atoms with Crippen LogP contribution in [-0.4, -0.2) is 38.9 Å². The first-order valence-corrected chi connectivity index (χ1v) is 10.7. The van der Waals surface area contributed by atoms with Gasteiger partial charge in [0.25, 0.3) is 5.91 Å². The molecule has 0 radical (unpaired) electrons. The summed E-state index contributed by atoms with van der Waals surface area (Å²) in [4.78, 5) is 37.1. The van der Waals surface area contributed by atoms with Crippen LogP contribution in [0.25, 0.3) is 0 Å². The number of benzene rings is 1. The highest BCUT2D eigenvalue weighted by atomic mass is 32.2. The van der Waals surface area contributed by atoms with Crippen LogP contribution >= 0.6 is 11.3 Å². The van der Waals surface area contributed by atoms with E-state index in [0.29, 0.717) is 4.88 Å². The minimum Gasteiger partial charge on any atom is -0.456 e. The Morgan fingerprint density at radius 2 is 1.85 bits per heavy atom. The Labute approximate surface area is 161 Å². The highest BCUT2D eigenvalue weighted by Crippen LogP contribution is 2.18. The molecule has 2 aromatic rings. The molecule has 1 amide bonds. The fraction of sp³-hybridized carbons (Fsp3) is 0.278. The monoisotopic (exact) mass is 409 g/mol. The van der Waals surface area contributed by atoms with Gasteiger partial charge in [0.1, 0.15) is 0 Å². The normalized spacial score (nSPS) is 11.0. The number of hydrogen-bond donors (Lipinski definition) is 1. The molecule has 0 fully saturated rings. The van der Waals surface area contributed by atoms with Gasteiger partial charge in [-0.25, -0.2) is 8.42 Å².